The van der Waals surface area contributed by atoms with Crippen molar-refractivity contribution in [3.63, 3.8) is 0 Å². The highest BCUT2D eigenvalue weighted by atomic mass is 16.2. The molecule has 2 aromatic carbocycles. The summed E-state index contributed by atoms with van der Waals surface area (Å²) in [6.45, 7) is 0.242. The third-order valence-electron chi connectivity index (χ3n) is 4.62. The average Bonchev–Trinajstić information content (AvgIpc) is 2.79. The van der Waals surface area contributed by atoms with Gasteiger partial charge in [0.2, 0.25) is 0 Å². The summed E-state index contributed by atoms with van der Waals surface area (Å²) < 4.78 is 0. The lowest BCUT2D eigenvalue weighted by Crippen LogP contribution is -2.26. The number of nitrogens with one attached hydrogen (secondary N) is 1. The average molecular weight is 381 g/mol. The lowest BCUT2D eigenvalue weighted by atomic mass is 10.0. The van der Waals surface area contributed by atoms with Gasteiger partial charge in [0.05, 0.1) is 16.8 Å². The van der Waals surface area contributed by atoms with Crippen molar-refractivity contribution in [2.45, 2.75) is 6.42 Å². The first-order valence-corrected chi connectivity index (χ1v) is 9.40. The van der Waals surface area contributed by atoms with Crippen LogP contribution in [0.2, 0.25) is 0 Å². The van der Waals surface area contributed by atoms with E-state index >= 15 is 0 Å². The van der Waals surface area contributed by atoms with Crippen molar-refractivity contribution in [3.05, 3.63) is 96.3 Å². The van der Waals surface area contributed by atoms with Crippen LogP contribution in [-0.2, 0) is 0 Å². The molecule has 0 aliphatic heterocycles. The summed E-state index contributed by atoms with van der Waals surface area (Å²) in [7, 11) is 0. The van der Waals surface area contributed by atoms with Crippen LogP contribution in [0.4, 0.5) is 0 Å². The molecule has 0 bridgehead atoms. The predicted molar refractivity (Wildman–Crippen MR) is 113 cm³/mol. The Morgan fingerprint density at radius 3 is 2.41 bits per heavy atom. The summed E-state index contributed by atoms with van der Waals surface area (Å²) >= 11 is 0. The van der Waals surface area contributed by atoms with Crippen molar-refractivity contribution in [2.75, 3.05) is 6.54 Å². The van der Waals surface area contributed by atoms with Gasteiger partial charge in [0.15, 0.2) is 5.78 Å². The molecule has 0 fully saturated rings. The van der Waals surface area contributed by atoms with Gasteiger partial charge >= 0.3 is 0 Å². The molecule has 1 N–H and O–H groups in total. The van der Waals surface area contributed by atoms with Crippen molar-refractivity contribution in [3.8, 4) is 11.3 Å². The number of carbonyl (C=O) groups is 2. The molecular weight excluding hydrogens is 362 g/mol. The molecule has 0 aliphatic rings. The molecule has 5 nitrogen and oxygen atoms in total. The first kappa shape index (κ1) is 18.5. The minimum absolute atomic E-state index is 0.101. The monoisotopic (exact) mass is 381 g/mol. The maximum absolute atomic E-state index is 12.9. The van der Waals surface area contributed by atoms with Gasteiger partial charge in [-0.2, -0.15) is 0 Å². The van der Waals surface area contributed by atoms with E-state index in [2.05, 4.69) is 10.3 Å². The third-order valence-corrected chi connectivity index (χ3v) is 4.62. The Balaban J connectivity index is 1.56. The number of nitrogens with zero attached hydrogens (tertiary/aromatic N) is 2. The summed E-state index contributed by atoms with van der Waals surface area (Å²) in [6.07, 6.45) is 1.78. The van der Waals surface area contributed by atoms with Gasteiger partial charge in [-0.15, -0.1) is 0 Å². The van der Waals surface area contributed by atoms with Crippen LogP contribution in [0, 0.1) is 0 Å². The van der Waals surface area contributed by atoms with Crippen molar-refractivity contribution in [2.24, 2.45) is 0 Å². The molecule has 0 radical (unpaired) electrons. The van der Waals surface area contributed by atoms with Crippen molar-refractivity contribution >= 4 is 22.6 Å². The summed E-state index contributed by atoms with van der Waals surface area (Å²) in [4.78, 5) is 33.8. The minimum atomic E-state index is -0.227. The Hall–Kier alpha value is -3.86. The van der Waals surface area contributed by atoms with Crippen LogP contribution in [0.25, 0.3) is 22.2 Å². The SMILES string of the molecule is O=C(CCNC(=O)c1cc(-c2ccccc2)nc2ccccc12)c1ccccn1. The highest BCUT2D eigenvalue weighted by molar-refractivity contribution is 6.07. The zero-order chi connectivity index (χ0) is 20.1. The van der Waals surface area contributed by atoms with Crippen LogP contribution >= 0.6 is 0 Å². The molecule has 2 aromatic heterocycles. The normalized spacial score (nSPS) is 10.6. The Morgan fingerprint density at radius 2 is 1.62 bits per heavy atom. The zero-order valence-corrected chi connectivity index (χ0v) is 15.7. The third kappa shape index (κ3) is 4.19. The number of pyridine rings is 2. The largest absolute Gasteiger partial charge is 0.352 e. The number of amides is 1. The van der Waals surface area contributed by atoms with Crippen LogP contribution in [0.5, 0.6) is 0 Å². The highest BCUT2D eigenvalue weighted by Crippen LogP contribution is 2.24. The zero-order valence-electron chi connectivity index (χ0n) is 15.7. The van der Waals surface area contributed by atoms with Crippen LogP contribution in [0.1, 0.15) is 27.3 Å². The Bertz CT molecular complexity index is 1160. The van der Waals surface area contributed by atoms with Gasteiger partial charge in [0, 0.05) is 30.1 Å². The van der Waals surface area contributed by atoms with Crippen molar-refractivity contribution in [1.29, 1.82) is 0 Å². The van der Waals surface area contributed by atoms with Gasteiger partial charge in [-0.3, -0.25) is 14.6 Å². The molecular formula is C24H19N3O2. The number of benzene rings is 2. The second-order valence-electron chi connectivity index (χ2n) is 6.58. The topological polar surface area (TPSA) is 72.0 Å². The van der Waals surface area contributed by atoms with Crippen LogP contribution < -0.4 is 5.32 Å². The van der Waals surface area contributed by atoms with E-state index in [4.69, 9.17) is 4.98 Å². The number of Topliss-reactive ketones (excluding diaryl/α,β-unsaturated/α-hetero) is 1. The Kier molecular flexibility index (Phi) is 5.38. The van der Waals surface area contributed by atoms with Gasteiger partial charge in [-0.25, -0.2) is 4.98 Å². The van der Waals surface area contributed by atoms with E-state index in [0.717, 1.165) is 22.2 Å². The molecule has 0 atom stereocenters. The van der Waals surface area contributed by atoms with E-state index in [1.165, 1.54) is 0 Å². The molecule has 0 unspecified atom stereocenters. The molecule has 4 rings (SSSR count). The summed E-state index contributed by atoms with van der Waals surface area (Å²) in [5.74, 6) is -0.329. The Morgan fingerprint density at radius 1 is 0.862 bits per heavy atom. The van der Waals surface area contributed by atoms with E-state index in [1.807, 2.05) is 54.6 Å². The smallest absolute Gasteiger partial charge is 0.252 e. The van der Waals surface area contributed by atoms with Crippen molar-refractivity contribution < 1.29 is 9.59 Å². The van der Waals surface area contributed by atoms with Gasteiger partial charge in [-0.1, -0.05) is 54.6 Å². The first-order valence-electron chi connectivity index (χ1n) is 9.40. The molecule has 4 aromatic rings. The molecule has 5 heteroatoms. The summed E-state index contributed by atoms with van der Waals surface area (Å²) in [5, 5.41) is 3.63. The van der Waals surface area contributed by atoms with E-state index in [0.29, 0.717) is 11.3 Å². The predicted octanol–water partition coefficient (Wildman–Crippen LogP) is 4.30. The van der Waals surface area contributed by atoms with E-state index in [9.17, 15) is 9.59 Å². The maximum Gasteiger partial charge on any atom is 0.252 e. The number of hydrogen-bond acceptors (Lipinski definition) is 4. The fourth-order valence-corrected chi connectivity index (χ4v) is 3.16. The van der Waals surface area contributed by atoms with Gasteiger partial charge < -0.3 is 5.32 Å². The number of hydrogen-bond donors (Lipinski definition) is 1. The standard InChI is InChI=1S/C24H19N3O2/c28-23(21-12-6-7-14-25-21)13-15-26-24(29)19-16-22(17-8-2-1-3-9-17)27-20-11-5-4-10-18(19)20/h1-12,14,16H,13,15H2,(H,26,29). The second-order valence-corrected chi connectivity index (χ2v) is 6.58. The lowest BCUT2D eigenvalue weighted by molar-refractivity contribution is 0.0940. The number of fused-ring (bicyclic) bond motifs is 1. The van der Waals surface area contributed by atoms with Crippen LogP contribution in [0.3, 0.4) is 0 Å². The first-order chi connectivity index (χ1) is 14.2. The Labute approximate surface area is 168 Å². The maximum atomic E-state index is 12.9. The molecule has 0 aliphatic carbocycles. The number of para-hydroxylation sites is 1. The molecule has 142 valence electrons. The fraction of sp³-hybridized carbons (Fsp3) is 0.0833. The molecule has 29 heavy (non-hydrogen) atoms. The number of ketones is 1. The van der Waals surface area contributed by atoms with E-state index < -0.39 is 0 Å². The van der Waals surface area contributed by atoms with Crippen LogP contribution in [0.15, 0.2) is 85.1 Å². The summed E-state index contributed by atoms with van der Waals surface area (Å²) in [6, 6.07) is 24.3. The molecule has 0 saturated heterocycles. The minimum Gasteiger partial charge on any atom is -0.352 e. The molecule has 1 amide bonds. The van der Waals surface area contributed by atoms with Gasteiger partial charge in [0.1, 0.15) is 5.69 Å². The van der Waals surface area contributed by atoms with Crippen LogP contribution in [-0.4, -0.2) is 28.2 Å². The molecule has 0 saturated carbocycles. The number of aromatic nitrogens is 2. The fourth-order valence-electron chi connectivity index (χ4n) is 3.16. The molecule has 2 heterocycles. The highest BCUT2D eigenvalue weighted by Gasteiger charge is 2.14. The van der Waals surface area contributed by atoms with Crippen molar-refractivity contribution in [1.82, 2.24) is 15.3 Å². The lowest BCUT2D eigenvalue weighted by Gasteiger charge is -2.10. The number of carbonyl (C=O) groups excluding carboxylic acids is 2. The summed E-state index contributed by atoms with van der Waals surface area (Å²) in [5.41, 5.74) is 3.38. The second kappa shape index (κ2) is 8.44. The quantitative estimate of drug-likeness (QED) is 0.506. The molecule has 0 spiro atoms. The van der Waals surface area contributed by atoms with E-state index in [-0.39, 0.29) is 24.7 Å². The number of rotatable bonds is 6. The van der Waals surface area contributed by atoms with E-state index in [1.54, 1.807) is 30.5 Å². The van der Waals surface area contributed by atoms with Gasteiger partial charge in [-0.05, 0) is 24.3 Å². The van der Waals surface area contributed by atoms with Gasteiger partial charge in [0.25, 0.3) is 5.91 Å².